The van der Waals surface area contributed by atoms with E-state index < -0.39 is 5.97 Å². The molecule has 1 amide bonds. The summed E-state index contributed by atoms with van der Waals surface area (Å²) in [5.41, 5.74) is 1.14. The smallest absolute Gasteiger partial charge is 0.307 e. The zero-order chi connectivity index (χ0) is 19.4. The molecule has 3 rings (SSSR count). The van der Waals surface area contributed by atoms with E-state index in [-0.39, 0.29) is 17.9 Å². The van der Waals surface area contributed by atoms with Gasteiger partial charge < -0.3 is 14.7 Å². The maximum absolute atomic E-state index is 13.0. The van der Waals surface area contributed by atoms with Crippen LogP contribution in [0.4, 0.5) is 0 Å². The number of carboxylic acids is 1. The fourth-order valence-electron chi connectivity index (χ4n) is 4.42. The normalized spacial score (nSPS) is 26.1. The molecule has 0 saturated carbocycles. The fraction of sp³-hybridized carbons (Fsp3) is 0.619. The molecule has 0 aliphatic carbocycles. The molecule has 1 N–H and O–H groups in total. The molecule has 1 aromatic rings. The Morgan fingerprint density at radius 1 is 1.22 bits per heavy atom. The van der Waals surface area contributed by atoms with Gasteiger partial charge in [-0.15, -0.1) is 0 Å². The number of carboxylic acid groups (broad SMARTS) is 1. The standard InChI is InChI=1S/C21H30N2O4/c1-3-27-18-8-6-16(7-9-18)19-5-4-10-23(19)20(24)14-22-12-15(2)11-17(13-22)21(25)26/h6-9,15,17,19H,3-5,10-14H2,1-2H3,(H,25,26). The molecule has 2 saturated heterocycles. The van der Waals surface area contributed by atoms with E-state index in [1.165, 1.54) is 0 Å². The van der Waals surface area contributed by atoms with E-state index in [2.05, 4.69) is 6.92 Å². The Labute approximate surface area is 161 Å². The highest BCUT2D eigenvalue weighted by Crippen LogP contribution is 2.33. The highest BCUT2D eigenvalue weighted by Gasteiger charge is 2.34. The number of benzene rings is 1. The Hall–Kier alpha value is -2.08. The first-order valence-electron chi connectivity index (χ1n) is 9.95. The summed E-state index contributed by atoms with van der Waals surface area (Å²) in [6, 6.07) is 8.12. The number of ether oxygens (including phenoxy) is 1. The van der Waals surface area contributed by atoms with Crippen molar-refractivity contribution < 1.29 is 19.4 Å². The molecule has 148 valence electrons. The van der Waals surface area contributed by atoms with Crippen LogP contribution in [-0.4, -0.2) is 59.6 Å². The average Bonchev–Trinajstić information content (AvgIpc) is 3.12. The summed E-state index contributed by atoms with van der Waals surface area (Å²) >= 11 is 0. The molecule has 6 nitrogen and oxygen atoms in total. The Kier molecular flexibility index (Phi) is 6.37. The van der Waals surface area contributed by atoms with Crippen molar-refractivity contribution in [1.29, 1.82) is 0 Å². The Morgan fingerprint density at radius 2 is 1.96 bits per heavy atom. The molecule has 2 fully saturated rings. The van der Waals surface area contributed by atoms with Crippen LogP contribution in [0, 0.1) is 11.8 Å². The molecule has 2 aliphatic heterocycles. The number of carbonyl (C=O) groups excluding carboxylic acids is 1. The van der Waals surface area contributed by atoms with Crippen LogP contribution >= 0.6 is 0 Å². The number of amides is 1. The van der Waals surface area contributed by atoms with Gasteiger partial charge in [-0.25, -0.2) is 0 Å². The van der Waals surface area contributed by atoms with Crippen molar-refractivity contribution in [3.05, 3.63) is 29.8 Å². The van der Waals surface area contributed by atoms with E-state index in [0.717, 1.165) is 37.2 Å². The molecule has 0 bridgehead atoms. The lowest BCUT2D eigenvalue weighted by molar-refractivity contribution is -0.146. The van der Waals surface area contributed by atoms with E-state index >= 15 is 0 Å². The lowest BCUT2D eigenvalue weighted by atomic mass is 9.90. The van der Waals surface area contributed by atoms with Gasteiger partial charge in [-0.1, -0.05) is 19.1 Å². The van der Waals surface area contributed by atoms with Crippen LogP contribution in [0.2, 0.25) is 0 Å². The van der Waals surface area contributed by atoms with Crippen LogP contribution in [0.1, 0.15) is 44.7 Å². The minimum Gasteiger partial charge on any atom is -0.494 e. The van der Waals surface area contributed by atoms with E-state index in [1.807, 2.05) is 41.0 Å². The fourth-order valence-corrected chi connectivity index (χ4v) is 4.42. The van der Waals surface area contributed by atoms with E-state index in [0.29, 0.717) is 32.0 Å². The second-order valence-corrected chi connectivity index (χ2v) is 7.82. The zero-order valence-electron chi connectivity index (χ0n) is 16.3. The largest absolute Gasteiger partial charge is 0.494 e. The molecule has 0 radical (unpaired) electrons. The van der Waals surface area contributed by atoms with E-state index in [1.54, 1.807) is 0 Å². The molecule has 0 aromatic heterocycles. The first-order valence-corrected chi connectivity index (χ1v) is 9.95. The van der Waals surface area contributed by atoms with Crippen LogP contribution in [0.15, 0.2) is 24.3 Å². The monoisotopic (exact) mass is 374 g/mol. The van der Waals surface area contributed by atoms with Crippen LogP contribution < -0.4 is 4.74 Å². The Balaban J connectivity index is 1.64. The maximum Gasteiger partial charge on any atom is 0.307 e. The second-order valence-electron chi connectivity index (χ2n) is 7.82. The predicted octanol–water partition coefficient (Wildman–Crippen LogP) is 2.79. The third-order valence-corrected chi connectivity index (χ3v) is 5.59. The molecule has 27 heavy (non-hydrogen) atoms. The molecule has 2 heterocycles. The number of nitrogens with zero attached hydrogens (tertiary/aromatic N) is 2. The van der Waals surface area contributed by atoms with Gasteiger partial charge in [-0.3, -0.25) is 14.5 Å². The van der Waals surface area contributed by atoms with Gasteiger partial charge in [0.25, 0.3) is 0 Å². The Morgan fingerprint density at radius 3 is 2.63 bits per heavy atom. The minimum atomic E-state index is -0.757. The highest BCUT2D eigenvalue weighted by atomic mass is 16.5. The molecule has 1 aromatic carbocycles. The predicted molar refractivity (Wildman–Crippen MR) is 103 cm³/mol. The maximum atomic E-state index is 13.0. The topological polar surface area (TPSA) is 70.1 Å². The molecular weight excluding hydrogens is 344 g/mol. The number of hydrogen-bond acceptors (Lipinski definition) is 4. The first kappa shape index (κ1) is 19.7. The second kappa shape index (κ2) is 8.74. The van der Waals surface area contributed by atoms with Gasteiger partial charge in [0.2, 0.25) is 5.91 Å². The van der Waals surface area contributed by atoms with Crippen molar-refractivity contribution in [2.45, 2.75) is 39.2 Å². The molecule has 3 unspecified atom stereocenters. The number of carbonyl (C=O) groups is 2. The SMILES string of the molecule is CCOc1ccc(C2CCCN2C(=O)CN2CC(C)CC(C(=O)O)C2)cc1. The summed E-state index contributed by atoms with van der Waals surface area (Å²) in [5, 5.41) is 9.34. The van der Waals surface area contributed by atoms with E-state index in [9.17, 15) is 14.7 Å². The van der Waals surface area contributed by atoms with Crippen LogP contribution in [0.25, 0.3) is 0 Å². The Bertz CT molecular complexity index is 661. The van der Waals surface area contributed by atoms with Crippen molar-refractivity contribution in [2.24, 2.45) is 11.8 Å². The number of likely N-dealkylation sites (tertiary alicyclic amines) is 2. The molecule has 0 spiro atoms. The summed E-state index contributed by atoms with van der Waals surface area (Å²) in [4.78, 5) is 28.3. The lowest BCUT2D eigenvalue weighted by Crippen LogP contribution is -2.47. The van der Waals surface area contributed by atoms with Gasteiger partial charge in [0.1, 0.15) is 5.75 Å². The van der Waals surface area contributed by atoms with Gasteiger partial charge >= 0.3 is 5.97 Å². The van der Waals surface area contributed by atoms with Gasteiger partial charge in [0.15, 0.2) is 0 Å². The zero-order valence-corrected chi connectivity index (χ0v) is 16.3. The van der Waals surface area contributed by atoms with Crippen molar-refractivity contribution in [2.75, 3.05) is 32.8 Å². The molecule has 3 atom stereocenters. The van der Waals surface area contributed by atoms with Crippen molar-refractivity contribution in [3.8, 4) is 5.75 Å². The van der Waals surface area contributed by atoms with Crippen molar-refractivity contribution >= 4 is 11.9 Å². The van der Waals surface area contributed by atoms with Gasteiger partial charge in [0, 0.05) is 19.6 Å². The van der Waals surface area contributed by atoms with Gasteiger partial charge in [-0.2, -0.15) is 0 Å². The quantitative estimate of drug-likeness (QED) is 0.829. The summed E-state index contributed by atoms with van der Waals surface area (Å²) in [6.07, 6.45) is 2.66. The number of hydrogen-bond donors (Lipinski definition) is 1. The summed E-state index contributed by atoms with van der Waals surface area (Å²) < 4.78 is 5.50. The summed E-state index contributed by atoms with van der Waals surface area (Å²) in [5.74, 6) is 0.117. The molecule has 6 heteroatoms. The third-order valence-electron chi connectivity index (χ3n) is 5.59. The summed E-state index contributed by atoms with van der Waals surface area (Å²) in [7, 11) is 0. The first-order chi connectivity index (χ1) is 13.0. The van der Waals surface area contributed by atoms with Crippen molar-refractivity contribution in [1.82, 2.24) is 9.80 Å². The average molecular weight is 374 g/mol. The highest BCUT2D eigenvalue weighted by molar-refractivity contribution is 5.79. The lowest BCUT2D eigenvalue weighted by Gasteiger charge is -2.35. The number of piperidine rings is 1. The van der Waals surface area contributed by atoms with Crippen LogP contribution in [0.3, 0.4) is 0 Å². The van der Waals surface area contributed by atoms with E-state index in [4.69, 9.17) is 4.74 Å². The van der Waals surface area contributed by atoms with Crippen LogP contribution in [0.5, 0.6) is 5.75 Å². The minimum absolute atomic E-state index is 0.102. The van der Waals surface area contributed by atoms with Gasteiger partial charge in [0.05, 0.1) is 25.1 Å². The molecular formula is C21H30N2O4. The third kappa shape index (κ3) is 4.80. The van der Waals surface area contributed by atoms with Crippen molar-refractivity contribution in [3.63, 3.8) is 0 Å². The summed E-state index contributed by atoms with van der Waals surface area (Å²) in [6.45, 7) is 6.99. The number of aliphatic carboxylic acids is 1. The number of rotatable bonds is 6. The van der Waals surface area contributed by atoms with Crippen LogP contribution in [-0.2, 0) is 9.59 Å². The van der Waals surface area contributed by atoms with Gasteiger partial charge in [-0.05, 0) is 49.8 Å². The molecule has 2 aliphatic rings.